The summed E-state index contributed by atoms with van der Waals surface area (Å²) in [4.78, 5) is 21.9. The number of hydrogen-bond acceptors (Lipinski definition) is 5. The molecule has 23 heavy (non-hydrogen) atoms. The minimum Gasteiger partial charge on any atom is -0.496 e. The van der Waals surface area contributed by atoms with E-state index in [1.807, 2.05) is 12.1 Å². The number of rotatable bonds is 6. The molecule has 0 N–H and O–H groups in total. The number of nitrogens with zero attached hydrogens (tertiary/aromatic N) is 1. The lowest BCUT2D eigenvalue weighted by Gasteiger charge is -2.07. The van der Waals surface area contributed by atoms with E-state index in [0.717, 1.165) is 5.56 Å². The number of nitro groups is 1. The van der Waals surface area contributed by atoms with Crippen LogP contribution in [0.25, 0.3) is 6.08 Å². The SMILES string of the molecule is COc1ccccc1COC(=O)/C=C/c1cccc([N+](=O)[O-])c1. The zero-order valence-corrected chi connectivity index (χ0v) is 12.5. The molecule has 6 heteroatoms. The number of esters is 1. The molecule has 0 fully saturated rings. The number of ether oxygens (including phenoxy) is 2. The van der Waals surface area contributed by atoms with Gasteiger partial charge in [-0.1, -0.05) is 30.3 Å². The topological polar surface area (TPSA) is 78.7 Å². The van der Waals surface area contributed by atoms with Crippen molar-refractivity contribution in [1.29, 1.82) is 0 Å². The number of non-ortho nitro benzene ring substituents is 1. The molecule has 0 aliphatic carbocycles. The normalized spacial score (nSPS) is 10.5. The van der Waals surface area contributed by atoms with E-state index in [2.05, 4.69) is 0 Å². The van der Waals surface area contributed by atoms with Crippen molar-refractivity contribution in [3.8, 4) is 5.75 Å². The number of hydrogen-bond donors (Lipinski definition) is 0. The molecule has 0 saturated carbocycles. The van der Waals surface area contributed by atoms with Gasteiger partial charge in [-0.3, -0.25) is 10.1 Å². The van der Waals surface area contributed by atoms with Crippen molar-refractivity contribution in [2.75, 3.05) is 7.11 Å². The van der Waals surface area contributed by atoms with Crippen LogP contribution in [0, 0.1) is 10.1 Å². The van der Waals surface area contributed by atoms with Crippen LogP contribution in [0.15, 0.2) is 54.6 Å². The summed E-state index contributed by atoms with van der Waals surface area (Å²) in [6.07, 6.45) is 2.70. The zero-order valence-electron chi connectivity index (χ0n) is 12.5. The van der Waals surface area contributed by atoms with Gasteiger partial charge in [-0.05, 0) is 17.7 Å². The molecule has 118 valence electrons. The average Bonchev–Trinajstić information content (AvgIpc) is 2.58. The van der Waals surface area contributed by atoms with Crippen molar-refractivity contribution >= 4 is 17.7 Å². The molecule has 0 spiro atoms. The Morgan fingerprint density at radius 3 is 2.74 bits per heavy atom. The molecule has 6 nitrogen and oxygen atoms in total. The Bertz CT molecular complexity index is 739. The maximum absolute atomic E-state index is 11.7. The van der Waals surface area contributed by atoms with Crippen LogP contribution in [0.1, 0.15) is 11.1 Å². The predicted octanol–water partition coefficient (Wildman–Crippen LogP) is 3.36. The number of para-hydroxylation sites is 1. The van der Waals surface area contributed by atoms with Gasteiger partial charge in [0.05, 0.1) is 12.0 Å². The van der Waals surface area contributed by atoms with E-state index in [1.165, 1.54) is 24.3 Å². The summed E-state index contributed by atoms with van der Waals surface area (Å²) in [7, 11) is 1.54. The Morgan fingerprint density at radius 2 is 2.00 bits per heavy atom. The van der Waals surface area contributed by atoms with Gasteiger partial charge in [-0.2, -0.15) is 0 Å². The highest BCUT2D eigenvalue weighted by molar-refractivity contribution is 5.87. The van der Waals surface area contributed by atoms with Crippen LogP contribution < -0.4 is 4.74 Å². The molecular formula is C17H15NO5. The summed E-state index contributed by atoms with van der Waals surface area (Å²) >= 11 is 0. The monoisotopic (exact) mass is 313 g/mol. The van der Waals surface area contributed by atoms with E-state index in [-0.39, 0.29) is 12.3 Å². The number of methoxy groups -OCH3 is 1. The highest BCUT2D eigenvalue weighted by atomic mass is 16.6. The lowest BCUT2D eigenvalue weighted by atomic mass is 10.2. The molecule has 0 amide bonds. The van der Waals surface area contributed by atoms with Gasteiger partial charge in [0.2, 0.25) is 0 Å². The van der Waals surface area contributed by atoms with Crippen LogP contribution in [0.4, 0.5) is 5.69 Å². The van der Waals surface area contributed by atoms with Crippen molar-refractivity contribution in [2.24, 2.45) is 0 Å². The number of nitro benzene ring substituents is 1. The Morgan fingerprint density at radius 1 is 1.22 bits per heavy atom. The van der Waals surface area contributed by atoms with Gasteiger partial charge in [0.25, 0.3) is 5.69 Å². The fourth-order valence-corrected chi connectivity index (χ4v) is 1.93. The van der Waals surface area contributed by atoms with E-state index < -0.39 is 10.9 Å². The van der Waals surface area contributed by atoms with Crippen LogP contribution in [-0.4, -0.2) is 18.0 Å². The second-order valence-corrected chi connectivity index (χ2v) is 4.60. The maximum atomic E-state index is 11.7. The third-order valence-electron chi connectivity index (χ3n) is 3.06. The number of carbonyl (C=O) groups is 1. The van der Waals surface area contributed by atoms with Gasteiger partial charge in [-0.15, -0.1) is 0 Å². The van der Waals surface area contributed by atoms with E-state index in [1.54, 1.807) is 31.4 Å². The first-order chi connectivity index (χ1) is 11.1. The fourth-order valence-electron chi connectivity index (χ4n) is 1.93. The van der Waals surface area contributed by atoms with Gasteiger partial charge < -0.3 is 9.47 Å². The molecule has 0 bridgehead atoms. The lowest BCUT2D eigenvalue weighted by Crippen LogP contribution is -2.02. The second-order valence-electron chi connectivity index (χ2n) is 4.60. The van der Waals surface area contributed by atoms with Crippen LogP contribution in [0.3, 0.4) is 0 Å². The molecular weight excluding hydrogens is 298 g/mol. The highest BCUT2D eigenvalue weighted by Gasteiger charge is 2.06. The Hall–Kier alpha value is -3.15. The quantitative estimate of drug-likeness (QED) is 0.353. The lowest BCUT2D eigenvalue weighted by molar-refractivity contribution is -0.384. The van der Waals surface area contributed by atoms with Gasteiger partial charge in [0, 0.05) is 23.8 Å². The maximum Gasteiger partial charge on any atom is 0.331 e. The average molecular weight is 313 g/mol. The summed E-state index contributed by atoms with van der Waals surface area (Å²) in [6.45, 7) is 0.0854. The third-order valence-corrected chi connectivity index (χ3v) is 3.06. The first kappa shape index (κ1) is 16.2. The zero-order chi connectivity index (χ0) is 16.7. The largest absolute Gasteiger partial charge is 0.496 e. The minimum absolute atomic E-state index is 0.0328. The van der Waals surface area contributed by atoms with E-state index in [0.29, 0.717) is 11.3 Å². The Balaban J connectivity index is 1.97. The van der Waals surface area contributed by atoms with Gasteiger partial charge in [0.15, 0.2) is 0 Å². The molecule has 0 radical (unpaired) electrons. The summed E-state index contributed by atoms with van der Waals surface area (Å²) in [5, 5.41) is 10.7. The van der Waals surface area contributed by atoms with Crippen LogP contribution >= 0.6 is 0 Å². The Kier molecular flexibility index (Phi) is 5.46. The first-order valence-corrected chi connectivity index (χ1v) is 6.81. The summed E-state index contributed by atoms with van der Waals surface area (Å²) in [5.74, 6) is 0.102. The number of carbonyl (C=O) groups excluding carboxylic acids is 1. The predicted molar refractivity (Wildman–Crippen MR) is 84.9 cm³/mol. The van der Waals surface area contributed by atoms with Crippen molar-refractivity contribution in [2.45, 2.75) is 6.61 Å². The Labute approximate surface area is 133 Å². The van der Waals surface area contributed by atoms with Gasteiger partial charge >= 0.3 is 5.97 Å². The van der Waals surface area contributed by atoms with Crippen LogP contribution in [-0.2, 0) is 16.1 Å². The third kappa shape index (κ3) is 4.67. The molecule has 2 aromatic carbocycles. The van der Waals surface area contributed by atoms with Gasteiger partial charge in [0.1, 0.15) is 12.4 Å². The molecule has 0 heterocycles. The first-order valence-electron chi connectivity index (χ1n) is 6.81. The molecule has 0 aliphatic heterocycles. The van der Waals surface area contributed by atoms with E-state index in [9.17, 15) is 14.9 Å². The van der Waals surface area contributed by atoms with E-state index >= 15 is 0 Å². The summed E-state index contributed by atoms with van der Waals surface area (Å²) < 4.78 is 10.3. The number of benzene rings is 2. The smallest absolute Gasteiger partial charge is 0.331 e. The van der Waals surface area contributed by atoms with Crippen molar-refractivity contribution in [3.63, 3.8) is 0 Å². The van der Waals surface area contributed by atoms with Crippen molar-refractivity contribution in [3.05, 3.63) is 75.8 Å². The molecule has 2 rings (SSSR count). The van der Waals surface area contributed by atoms with Gasteiger partial charge in [-0.25, -0.2) is 4.79 Å². The fraction of sp³-hybridized carbons (Fsp3) is 0.118. The van der Waals surface area contributed by atoms with Crippen molar-refractivity contribution < 1.29 is 19.2 Å². The molecule has 0 unspecified atom stereocenters. The van der Waals surface area contributed by atoms with Crippen molar-refractivity contribution in [1.82, 2.24) is 0 Å². The van der Waals surface area contributed by atoms with Crippen LogP contribution in [0.2, 0.25) is 0 Å². The molecule has 0 aliphatic rings. The van der Waals surface area contributed by atoms with Crippen LogP contribution in [0.5, 0.6) is 5.75 Å². The van der Waals surface area contributed by atoms with E-state index in [4.69, 9.17) is 9.47 Å². The second kappa shape index (κ2) is 7.74. The molecule has 0 saturated heterocycles. The molecule has 2 aromatic rings. The standard InChI is InChI=1S/C17H15NO5/c1-22-16-8-3-2-6-14(16)12-23-17(19)10-9-13-5-4-7-15(11-13)18(20)21/h2-11H,12H2,1H3/b10-9+. The molecule has 0 aromatic heterocycles. The summed E-state index contributed by atoms with van der Waals surface area (Å²) in [5.41, 5.74) is 1.27. The summed E-state index contributed by atoms with van der Waals surface area (Å²) in [6, 6.07) is 13.2. The molecule has 0 atom stereocenters. The highest BCUT2D eigenvalue weighted by Crippen LogP contribution is 2.18. The minimum atomic E-state index is -0.539.